The molecule has 0 spiro atoms. The molecule has 110 valence electrons. The first kappa shape index (κ1) is 17.4. The van der Waals surface area contributed by atoms with Gasteiger partial charge in [-0.15, -0.1) is 0 Å². The summed E-state index contributed by atoms with van der Waals surface area (Å²) >= 11 is 0. The van der Waals surface area contributed by atoms with Gasteiger partial charge in [-0.2, -0.15) is 13.2 Å². The van der Waals surface area contributed by atoms with Gasteiger partial charge >= 0.3 is 6.18 Å². The Balaban J connectivity index is 4.59. The number of carbonyl (C=O) groups is 3. The van der Waals surface area contributed by atoms with Crippen LogP contribution in [0.4, 0.5) is 13.2 Å². The van der Waals surface area contributed by atoms with Crippen LogP contribution in [0.2, 0.25) is 0 Å². The van der Waals surface area contributed by atoms with Crippen molar-refractivity contribution in [3.05, 3.63) is 0 Å². The molecule has 1 atom stereocenters. The van der Waals surface area contributed by atoms with Gasteiger partial charge in [0.1, 0.15) is 6.54 Å². The van der Waals surface area contributed by atoms with Gasteiger partial charge < -0.3 is 10.2 Å². The molecule has 0 rings (SSSR count). The van der Waals surface area contributed by atoms with E-state index in [1.165, 1.54) is 0 Å². The summed E-state index contributed by atoms with van der Waals surface area (Å²) < 4.78 is 36.5. The highest BCUT2D eigenvalue weighted by Gasteiger charge is 2.35. The molecule has 0 aliphatic rings. The van der Waals surface area contributed by atoms with Crippen LogP contribution in [0.3, 0.4) is 0 Å². The third kappa shape index (κ3) is 6.78. The number of hydrogen-bond donors (Lipinski definition) is 1. The second-order valence-electron chi connectivity index (χ2n) is 4.54. The second kappa shape index (κ2) is 7.10. The normalized spacial score (nSPS) is 13.0. The molecule has 2 amide bonds. The van der Waals surface area contributed by atoms with Crippen LogP contribution in [0.15, 0.2) is 0 Å². The van der Waals surface area contributed by atoms with Gasteiger partial charge in [-0.05, 0) is 12.8 Å². The molecule has 0 fully saturated rings. The minimum atomic E-state index is -4.62. The van der Waals surface area contributed by atoms with Crippen molar-refractivity contribution in [1.29, 1.82) is 0 Å². The molecular weight excluding hydrogens is 265 g/mol. The summed E-state index contributed by atoms with van der Waals surface area (Å²) in [5.74, 6) is -1.96. The summed E-state index contributed by atoms with van der Waals surface area (Å²) in [5, 5.41) is 2.29. The van der Waals surface area contributed by atoms with Crippen molar-refractivity contribution in [2.45, 2.75) is 33.0 Å². The zero-order valence-corrected chi connectivity index (χ0v) is 11.0. The number of Topliss-reactive ketones (excluding diaryl/α,β-unsaturated/α-hetero) is 1. The zero-order valence-electron chi connectivity index (χ0n) is 11.0. The Kier molecular flexibility index (Phi) is 6.51. The van der Waals surface area contributed by atoms with Crippen LogP contribution in [-0.4, -0.2) is 48.3 Å². The van der Waals surface area contributed by atoms with Crippen LogP contribution in [0.5, 0.6) is 0 Å². The number of nitrogens with zero attached hydrogens (tertiary/aromatic N) is 1. The fourth-order valence-electron chi connectivity index (χ4n) is 1.20. The summed E-state index contributed by atoms with van der Waals surface area (Å²) in [5.41, 5.74) is 0. The molecule has 0 aromatic rings. The summed E-state index contributed by atoms with van der Waals surface area (Å²) in [6.45, 7) is 3.35. The molecule has 0 heterocycles. The van der Waals surface area contributed by atoms with Crippen molar-refractivity contribution in [3.63, 3.8) is 0 Å². The van der Waals surface area contributed by atoms with Crippen molar-refractivity contribution in [2.24, 2.45) is 5.92 Å². The number of nitrogens with one attached hydrogen (secondary N) is 1. The molecule has 0 aliphatic carbocycles. The Bertz CT molecular complexity index is 343. The lowest BCUT2D eigenvalue weighted by Crippen LogP contribution is -2.48. The van der Waals surface area contributed by atoms with Crippen molar-refractivity contribution < 1.29 is 27.6 Å². The predicted molar refractivity (Wildman–Crippen MR) is 61.1 cm³/mol. The smallest absolute Gasteiger partial charge is 0.349 e. The second-order valence-corrected chi connectivity index (χ2v) is 4.54. The first-order valence-electron chi connectivity index (χ1n) is 5.68. The van der Waals surface area contributed by atoms with Crippen molar-refractivity contribution in [3.8, 4) is 0 Å². The summed E-state index contributed by atoms with van der Waals surface area (Å²) in [4.78, 5) is 33.8. The van der Waals surface area contributed by atoms with Crippen LogP contribution in [0.25, 0.3) is 0 Å². The minimum absolute atomic E-state index is 0.0915. The SMILES string of the molecule is CC(C)CNC(=O)C(=O)C(C)N(C=O)CC(F)(F)F. The van der Waals surface area contributed by atoms with Crippen LogP contribution in [-0.2, 0) is 14.4 Å². The average Bonchev–Trinajstić information content (AvgIpc) is 2.29. The maximum atomic E-state index is 12.2. The standard InChI is InChI=1S/C11H17F3N2O3/c1-7(2)4-15-10(19)9(18)8(3)16(6-17)5-11(12,13)14/h6-8H,4-5H2,1-3H3,(H,15,19). The third-order valence-electron chi connectivity index (χ3n) is 2.27. The van der Waals surface area contributed by atoms with Gasteiger partial charge in [-0.3, -0.25) is 14.4 Å². The highest BCUT2D eigenvalue weighted by atomic mass is 19.4. The highest BCUT2D eigenvalue weighted by molar-refractivity contribution is 6.38. The summed E-state index contributed by atoms with van der Waals surface area (Å²) in [7, 11) is 0. The van der Waals surface area contributed by atoms with Crippen molar-refractivity contribution in [1.82, 2.24) is 10.2 Å². The molecule has 5 nitrogen and oxygen atoms in total. The number of rotatable bonds is 7. The van der Waals surface area contributed by atoms with Gasteiger partial charge in [0, 0.05) is 6.54 Å². The fourth-order valence-corrected chi connectivity index (χ4v) is 1.20. The maximum Gasteiger partial charge on any atom is 0.406 e. The first-order valence-corrected chi connectivity index (χ1v) is 5.68. The molecule has 19 heavy (non-hydrogen) atoms. The van der Waals surface area contributed by atoms with E-state index in [2.05, 4.69) is 5.32 Å². The number of hydrogen-bond acceptors (Lipinski definition) is 3. The summed E-state index contributed by atoms with van der Waals surface area (Å²) in [6, 6.07) is -1.45. The van der Waals surface area contributed by atoms with E-state index < -0.39 is 30.5 Å². The fraction of sp³-hybridized carbons (Fsp3) is 0.727. The third-order valence-corrected chi connectivity index (χ3v) is 2.27. The average molecular weight is 282 g/mol. The van der Waals surface area contributed by atoms with E-state index in [0.717, 1.165) is 6.92 Å². The Morgan fingerprint density at radius 2 is 1.79 bits per heavy atom. The van der Waals surface area contributed by atoms with E-state index in [9.17, 15) is 27.6 Å². The van der Waals surface area contributed by atoms with Crippen LogP contribution in [0.1, 0.15) is 20.8 Å². The topological polar surface area (TPSA) is 66.5 Å². The van der Waals surface area contributed by atoms with Crippen molar-refractivity contribution in [2.75, 3.05) is 13.1 Å². The number of alkyl halides is 3. The largest absolute Gasteiger partial charge is 0.406 e. The van der Waals surface area contributed by atoms with E-state index >= 15 is 0 Å². The van der Waals surface area contributed by atoms with Gasteiger partial charge in [0.15, 0.2) is 0 Å². The number of ketones is 1. The van der Waals surface area contributed by atoms with E-state index in [4.69, 9.17) is 0 Å². The van der Waals surface area contributed by atoms with Crippen molar-refractivity contribution >= 4 is 18.1 Å². The Morgan fingerprint density at radius 1 is 1.26 bits per heavy atom. The van der Waals surface area contributed by atoms with Gasteiger partial charge in [-0.1, -0.05) is 13.8 Å². The lowest BCUT2D eigenvalue weighted by atomic mass is 10.1. The molecule has 0 aromatic carbocycles. The molecule has 1 N–H and O–H groups in total. The van der Waals surface area contributed by atoms with Gasteiger partial charge in [0.25, 0.3) is 5.91 Å². The molecule has 0 bridgehead atoms. The Hall–Kier alpha value is -1.60. The molecule has 0 saturated heterocycles. The predicted octanol–water partition coefficient (Wildman–Crippen LogP) is 0.737. The van der Waals surface area contributed by atoms with E-state index in [1.54, 1.807) is 13.8 Å². The minimum Gasteiger partial charge on any atom is -0.349 e. The van der Waals surface area contributed by atoms with E-state index in [0.29, 0.717) is 0 Å². The molecule has 8 heteroatoms. The monoisotopic (exact) mass is 282 g/mol. The maximum absolute atomic E-state index is 12.2. The zero-order chi connectivity index (χ0) is 15.2. The number of halogens is 3. The van der Waals surface area contributed by atoms with Gasteiger partial charge in [-0.25, -0.2) is 0 Å². The Morgan fingerprint density at radius 3 is 2.16 bits per heavy atom. The first-order chi connectivity index (χ1) is 8.58. The van der Waals surface area contributed by atoms with Gasteiger partial charge in [0.2, 0.25) is 12.2 Å². The van der Waals surface area contributed by atoms with Crippen LogP contribution in [0, 0.1) is 5.92 Å². The van der Waals surface area contributed by atoms with E-state index in [1.807, 2.05) is 0 Å². The number of amides is 2. The lowest BCUT2D eigenvalue weighted by Gasteiger charge is -2.24. The highest BCUT2D eigenvalue weighted by Crippen LogP contribution is 2.17. The summed E-state index contributed by atoms with van der Waals surface area (Å²) in [6.07, 6.45) is -4.71. The number of carbonyl (C=O) groups excluding carboxylic acids is 3. The molecule has 0 radical (unpaired) electrons. The molecule has 0 aromatic heterocycles. The van der Waals surface area contributed by atoms with Crippen LogP contribution >= 0.6 is 0 Å². The molecule has 0 saturated carbocycles. The molecular formula is C11H17F3N2O3. The van der Waals surface area contributed by atoms with Gasteiger partial charge in [0.05, 0.1) is 6.04 Å². The van der Waals surface area contributed by atoms with E-state index in [-0.39, 0.29) is 23.8 Å². The Labute approximate surface area is 109 Å². The quantitative estimate of drug-likeness (QED) is 0.553. The lowest BCUT2D eigenvalue weighted by molar-refractivity contribution is -0.161. The molecule has 1 unspecified atom stereocenters. The molecule has 0 aliphatic heterocycles. The van der Waals surface area contributed by atoms with Crippen LogP contribution < -0.4 is 5.32 Å².